The van der Waals surface area contributed by atoms with E-state index in [0.29, 0.717) is 23.1 Å². The Morgan fingerprint density at radius 2 is 2.16 bits per heavy atom. The standard InChI is InChI=1S/C16H14N6O2S/c1-21-9-7-17-16(21)25-10-11-5-6-12(24-11)14(23)18-15-20-19-13-4-2-3-8-22(13)15/h2-9H,10H2,1H3,(H,18,20,23). The molecule has 1 N–H and O–H groups in total. The molecule has 0 radical (unpaired) electrons. The van der Waals surface area contributed by atoms with E-state index < -0.39 is 0 Å². The van der Waals surface area contributed by atoms with Crippen LogP contribution in [0.4, 0.5) is 5.95 Å². The van der Waals surface area contributed by atoms with Crippen LogP contribution in [-0.2, 0) is 12.8 Å². The lowest BCUT2D eigenvalue weighted by molar-refractivity contribution is 0.0994. The molecule has 0 spiro atoms. The average molecular weight is 354 g/mol. The summed E-state index contributed by atoms with van der Waals surface area (Å²) in [5.41, 5.74) is 0.657. The van der Waals surface area contributed by atoms with Crippen molar-refractivity contribution < 1.29 is 9.21 Å². The van der Waals surface area contributed by atoms with Gasteiger partial charge in [-0.05, 0) is 24.3 Å². The number of aryl methyl sites for hydroxylation is 1. The van der Waals surface area contributed by atoms with Crippen LogP contribution in [0.1, 0.15) is 16.3 Å². The van der Waals surface area contributed by atoms with E-state index >= 15 is 0 Å². The van der Waals surface area contributed by atoms with E-state index in [-0.39, 0.29) is 11.7 Å². The Balaban J connectivity index is 1.44. The first-order chi connectivity index (χ1) is 12.2. The number of carbonyl (C=O) groups is 1. The molecule has 0 aliphatic heterocycles. The molecule has 0 aliphatic carbocycles. The van der Waals surface area contributed by atoms with E-state index in [0.717, 1.165) is 5.16 Å². The zero-order valence-corrected chi connectivity index (χ0v) is 14.1. The molecule has 0 atom stereocenters. The number of rotatable bonds is 5. The molecule has 0 aliphatic rings. The molecule has 0 bridgehead atoms. The predicted molar refractivity (Wildman–Crippen MR) is 92.4 cm³/mol. The highest BCUT2D eigenvalue weighted by Gasteiger charge is 2.15. The Bertz CT molecular complexity index is 1030. The van der Waals surface area contributed by atoms with Crippen molar-refractivity contribution in [3.8, 4) is 0 Å². The molecule has 9 heteroatoms. The van der Waals surface area contributed by atoms with E-state index in [9.17, 15) is 4.79 Å². The van der Waals surface area contributed by atoms with Crippen molar-refractivity contribution in [2.75, 3.05) is 5.32 Å². The van der Waals surface area contributed by atoms with E-state index in [1.54, 1.807) is 28.9 Å². The summed E-state index contributed by atoms with van der Waals surface area (Å²) in [7, 11) is 1.93. The number of nitrogens with one attached hydrogen (secondary N) is 1. The molecule has 0 unspecified atom stereocenters. The molecule has 4 aromatic heterocycles. The Hall–Kier alpha value is -3.07. The van der Waals surface area contributed by atoms with Crippen molar-refractivity contribution in [1.29, 1.82) is 0 Å². The monoisotopic (exact) mass is 354 g/mol. The second-order valence-corrected chi connectivity index (χ2v) is 6.22. The van der Waals surface area contributed by atoms with Gasteiger partial charge in [-0.2, -0.15) is 0 Å². The molecular weight excluding hydrogens is 340 g/mol. The van der Waals surface area contributed by atoms with Gasteiger partial charge in [-0.15, -0.1) is 10.2 Å². The normalized spacial score (nSPS) is 11.1. The smallest absolute Gasteiger partial charge is 0.293 e. The van der Waals surface area contributed by atoms with Crippen molar-refractivity contribution in [2.45, 2.75) is 10.9 Å². The molecule has 25 heavy (non-hydrogen) atoms. The van der Waals surface area contributed by atoms with Crippen molar-refractivity contribution in [3.05, 3.63) is 60.4 Å². The molecular formula is C16H14N6O2S. The highest BCUT2D eigenvalue weighted by molar-refractivity contribution is 7.98. The Morgan fingerprint density at radius 1 is 1.24 bits per heavy atom. The Morgan fingerprint density at radius 3 is 3.00 bits per heavy atom. The van der Waals surface area contributed by atoms with Gasteiger partial charge in [-0.25, -0.2) is 4.98 Å². The first kappa shape index (κ1) is 15.5. The van der Waals surface area contributed by atoms with Gasteiger partial charge in [0.05, 0.1) is 5.75 Å². The minimum Gasteiger partial charge on any atom is -0.455 e. The lowest BCUT2D eigenvalue weighted by Crippen LogP contribution is -2.13. The van der Waals surface area contributed by atoms with Crippen LogP contribution in [-0.4, -0.2) is 30.1 Å². The fourth-order valence-corrected chi connectivity index (χ4v) is 3.12. The van der Waals surface area contributed by atoms with Crippen LogP contribution in [0.25, 0.3) is 5.65 Å². The first-order valence-corrected chi connectivity index (χ1v) is 8.49. The highest BCUT2D eigenvalue weighted by atomic mass is 32.2. The fraction of sp³-hybridized carbons (Fsp3) is 0.125. The molecule has 0 saturated heterocycles. The van der Waals surface area contributed by atoms with Gasteiger partial charge in [0, 0.05) is 25.6 Å². The van der Waals surface area contributed by atoms with Crippen LogP contribution >= 0.6 is 11.8 Å². The third kappa shape index (κ3) is 3.13. The molecule has 126 valence electrons. The highest BCUT2D eigenvalue weighted by Crippen LogP contribution is 2.22. The lowest BCUT2D eigenvalue weighted by Gasteiger charge is -2.01. The first-order valence-electron chi connectivity index (χ1n) is 7.50. The zero-order chi connectivity index (χ0) is 17.2. The quantitative estimate of drug-likeness (QED) is 0.554. The van der Waals surface area contributed by atoms with E-state index in [4.69, 9.17) is 4.42 Å². The maximum Gasteiger partial charge on any atom is 0.293 e. The summed E-state index contributed by atoms with van der Waals surface area (Å²) in [6.07, 6.45) is 5.40. The van der Waals surface area contributed by atoms with E-state index in [1.165, 1.54) is 11.8 Å². The molecule has 0 aromatic carbocycles. The average Bonchev–Trinajstić information content (AvgIpc) is 3.34. The fourth-order valence-electron chi connectivity index (χ4n) is 2.29. The number of imidazole rings is 1. The molecule has 0 fully saturated rings. The number of carbonyl (C=O) groups excluding carboxylic acids is 1. The summed E-state index contributed by atoms with van der Waals surface area (Å²) in [6.45, 7) is 0. The van der Waals surface area contributed by atoms with Crippen molar-refractivity contribution in [3.63, 3.8) is 0 Å². The number of furan rings is 1. The number of fused-ring (bicyclic) bond motifs is 1. The second-order valence-electron chi connectivity index (χ2n) is 5.28. The van der Waals surface area contributed by atoms with Crippen LogP contribution in [0, 0.1) is 0 Å². The molecule has 4 rings (SSSR count). The lowest BCUT2D eigenvalue weighted by atomic mass is 10.4. The number of anilines is 1. The Labute approximate surface area is 146 Å². The van der Waals surface area contributed by atoms with Crippen LogP contribution in [0.2, 0.25) is 0 Å². The topological polar surface area (TPSA) is 90.2 Å². The van der Waals surface area contributed by atoms with Gasteiger partial charge in [0.15, 0.2) is 16.6 Å². The maximum atomic E-state index is 12.3. The predicted octanol–water partition coefficient (Wildman–Crippen LogP) is 2.60. The molecule has 0 saturated carbocycles. The van der Waals surface area contributed by atoms with Crippen molar-refractivity contribution >= 4 is 29.3 Å². The summed E-state index contributed by atoms with van der Waals surface area (Å²) >= 11 is 1.54. The van der Waals surface area contributed by atoms with Gasteiger partial charge in [0.2, 0.25) is 5.95 Å². The number of pyridine rings is 1. The van der Waals surface area contributed by atoms with Crippen molar-refractivity contribution in [1.82, 2.24) is 24.1 Å². The minimum absolute atomic E-state index is 0.225. The van der Waals surface area contributed by atoms with Gasteiger partial charge in [-0.3, -0.25) is 14.5 Å². The van der Waals surface area contributed by atoms with Gasteiger partial charge in [0.25, 0.3) is 5.91 Å². The zero-order valence-electron chi connectivity index (χ0n) is 13.3. The molecule has 4 aromatic rings. The number of hydrogen-bond acceptors (Lipinski definition) is 6. The second kappa shape index (κ2) is 6.44. The SMILES string of the molecule is Cn1ccnc1SCc1ccc(C(=O)Nc2nnc3ccccn23)o1. The van der Waals surface area contributed by atoms with E-state index in [1.807, 2.05) is 36.0 Å². The van der Waals surface area contributed by atoms with Crippen LogP contribution in [0.5, 0.6) is 0 Å². The minimum atomic E-state index is -0.369. The third-order valence-corrected chi connectivity index (χ3v) is 4.63. The van der Waals surface area contributed by atoms with Crippen molar-refractivity contribution in [2.24, 2.45) is 7.05 Å². The summed E-state index contributed by atoms with van der Waals surface area (Å²) < 4.78 is 9.24. The summed E-state index contributed by atoms with van der Waals surface area (Å²) in [6, 6.07) is 8.93. The number of nitrogens with zero attached hydrogens (tertiary/aromatic N) is 5. The third-order valence-electron chi connectivity index (χ3n) is 3.55. The molecule has 4 heterocycles. The Kier molecular flexibility index (Phi) is 3.98. The van der Waals surface area contributed by atoms with E-state index in [2.05, 4.69) is 20.5 Å². The van der Waals surface area contributed by atoms with Crippen LogP contribution < -0.4 is 5.32 Å². The summed E-state index contributed by atoms with van der Waals surface area (Å²) in [5.74, 6) is 1.49. The number of amides is 1. The van der Waals surface area contributed by atoms with Gasteiger partial charge in [0.1, 0.15) is 5.76 Å². The maximum absolute atomic E-state index is 12.3. The number of thioether (sulfide) groups is 1. The molecule has 1 amide bonds. The van der Waals surface area contributed by atoms with Crippen LogP contribution in [0.3, 0.4) is 0 Å². The number of hydrogen-bond donors (Lipinski definition) is 1. The molecule has 8 nitrogen and oxygen atoms in total. The summed E-state index contributed by atoms with van der Waals surface area (Å²) in [5, 5.41) is 11.6. The van der Waals surface area contributed by atoms with Gasteiger partial charge in [-0.1, -0.05) is 17.8 Å². The van der Waals surface area contributed by atoms with Gasteiger partial charge >= 0.3 is 0 Å². The largest absolute Gasteiger partial charge is 0.455 e. The summed E-state index contributed by atoms with van der Waals surface area (Å²) in [4.78, 5) is 16.6. The van der Waals surface area contributed by atoms with Gasteiger partial charge < -0.3 is 8.98 Å². The number of aromatic nitrogens is 5. The van der Waals surface area contributed by atoms with Crippen LogP contribution in [0.15, 0.2) is 58.5 Å².